The lowest BCUT2D eigenvalue weighted by atomic mass is 9.97. The van der Waals surface area contributed by atoms with Crippen LogP contribution in [0.2, 0.25) is 0 Å². The summed E-state index contributed by atoms with van der Waals surface area (Å²) in [5.41, 5.74) is 3.59. The lowest BCUT2D eigenvalue weighted by molar-refractivity contribution is -0.138. The Labute approximate surface area is 275 Å². The minimum atomic E-state index is -4.64. The fourth-order valence-corrected chi connectivity index (χ4v) is 6.67. The zero-order chi connectivity index (χ0) is 33.0. The number of amides is 1. The van der Waals surface area contributed by atoms with Gasteiger partial charge in [-0.05, 0) is 61.4 Å². The molecule has 3 aromatic heterocycles. The first-order chi connectivity index (χ1) is 22.5. The van der Waals surface area contributed by atoms with Crippen LogP contribution >= 0.6 is 15.9 Å². The van der Waals surface area contributed by atoms with E-state index in [-0.39, 0.29) is 28.6 Å². The molecule has 238 valence electrons. The molecule has 13 heteroatoms. The van der Waals surface area contributed by atoms with Crippen molar-refractivity contribution in [2.75, 3.05) is 0 Å². The summed E-state index contributed by atoms with van der Waals surface area (Å²) >= 11 is 2.95. The van der Waals surface area contributed by atoms with Crippen LogP contribution < -0.4 is 5.56 Å². The second-order valence-corrected chi connectivity index (χ2v) is 12.4. The van der Waals surface area contributed by atoms with Gasteiger partial charge < -0.3 is 4.90 Å². The minimum absolute atomic E-state index is 0.00309. The van der Waals surface area contributed by atoms with Crippen LogP contribution in [-0.2, 0) is 32.6 Å². The van der Waals surface area contributed by atoms with Crippen LogP contribution in [-0.4, -0.2) is 45.8 Å². The Morgan fingerprint density at radius 2 is 1.77 bits per heavy atom. The summed E-state index contributed by atoms with van der Waals surface area (Å²) in [5, 5.41) is 8.86. The van der Waals surface area contributed by atoms with Gasteiger partial charge in [0.2, 0.25) is 0 Å². The van der Waals surface area contributed by atoms with Gasteiger partial charge in [0.15, 0.2) is 5.82 Å². The van der Waals surface area contributed by atoms with Crippen molar-refractivity contribution in [1.82, 2.24) is 33.8 Å². The average molecular weight is 703 g/mol. The molecule has 3 aromatic carbocycles. The molecule has 0 fully saturated rings. The third-order valence-corrected chi connectivity index (χ3v) is 9.25. The van der Waals surface area contributed by atoms with E-state index >= 15 is 0 Å². The smallest absolute Gasteiger partial charge is 0.330 e. The molecule has 0 saturated carbocycles. The largest absolute Gasteiger partial charge is 0.417 e. The minimum Gasteiger partial charge on any atom is -0.330 e. The highest BCUT2D eigenvalue weighted by molar-refractivity contribution is 9.10. The fraction of sp³-hybridized carbons (Fsp3) is 0.206. The number of alkyl halides is 3. The number of carbonyl (C=O) groups excluding carboxylic acids is 1. The first kappa shape index (κ1) is 30.6. The highest BCUT2D eigenvalue weighted by atomic mass is 79.9. The van der Waals surface area contributed by atoms with Crippen molar-refractivity contribution in [3.05, 3.63) is 134 Å². The highest BCUT2D eigenvalue weighted by Gasteiger charge is 2.36. The van der Waals surface area contributed by atoms with Gasteiger partial charge in [-0.25, -0.2) is 14.2 Å². The van der Waals surface area contributed by atoms with E-state index < -0.39 is 23.7 Å². The SMILES string of the molecule is CC1Cc2c(n3ncc(Cc4ccccc4)c3n(-c3ccc(-c4ncnn4C)cc3)c2=O)CN1C(=O)c1ccc(Br)c(C(F)(F)F)c1. The zero-order valence-electron chi connectivity index (χ0n) is 25.2. The zero-order valence-corrected chi connectivity index (χ0v) is 26.8. The first-order valence-electron chi connectivity index (χ1n) is 14.8. The van der Waals surface area contributed by atoms with E-state index in [2.05, 4.69) is 26.0 Å². The average Bonchev–Trinajstić information content (AvgIpc) is 3.67. The molecule has 1 amide bonds. The maximum Gasteiger partial charge on any atom is 0.417 e. The Morgan fingerprint density at radius 1 is 1.02 bits per heavy atom. The van der Waals surface area contributed by atoms with E-state index in [0.29, 0.717) is 34.8 Å². The molecule has 47 heavy (non-hydrogen) atoms. The van der Waals surface area contributed by atoms with Crippen LogP contribution in [0.1, 0.15) is 45.2 Å². The molecule has 9 nitrogen and oxygen atoms in total. The third-order valence-electron chi connectivity index (χ3n) is 8.56. The van der Waals surface area contributed by atoms with Gasteiger partial charge in [0.05, 0.1) is 29.7 Å². The monoisotopic (exact) mass is 701 g/mol. The topological polar surface area (TPSA) is 90.3 Å². The number of fused-ring (bicyclic) bond motifs is 3. The molecular weight excluding hydrogens is 675 g/mol. The van der Waals surface area contributed by atoms with Gasteiger partial charge in [-0.3, -0.25) is 14.2 Å². The highest BCUT2D eigenvalue weighted by Crippen LogP contribution is 2.36. The number of aryl methyl sites for hydroxylation is 1. The van der Waals surface area contributed by atoms with Gasteiger partial charge in [0, 0.05) is 46.2 Å². The third kappa shape index (κ3) is 5.43. The molecule has 0 aliphatic carbocycles. The van der Waals surface area contributed by atoms with E-state index in [1.165, 1.54) is 23.4 Å². The summed E-state index contributed by atoms with van der Waals surface area (Å²) in [5.74, 6) is 0.120. The number of carbonyl (C=O) groups is 1. The molecule has 0 radical (unpaired) electrons. The van der Waals surface area contributed by atoms with E-state index in [4.69, 9.17) is 5.10 Å². The fourth-order valence-electron chi connectivity index (χ4n) is 6.19. The number of nitrogens with zero attached hydrogens (tertiary/aromatic N) is 7. The molecule has 0 N–H and O–H groups in total. The van der Waals surface area contributed by atoms with Crippen molar-refractivity contribution in [3.8, 4) is 17.1 Å². The Hall–Kier alpha value is -5.04. The van der Waals surface area contributed by atoms with Crippen molar-refractivity contribution in [3.63, 3.8) is 0 Å². The van der Waals surface area contributed by atoms with Crippen molar-refractivity contribution < 1.29 is 18.0 Å². The Bertz CT molecular complexity index is 2210. The summed E-state index contributed by atoms with van der Waals surface area (Å²) in [7, 11) is 1.80. The van der Waals surface area contributed by atoms with Crippen LogP contribution in [0.25, 0.3) is 22.7 Å². The predicted molar refractivity (Wildman–Crippen MR) is 172 cm³/mol. The van der Waals surface area contributed by atoms with Crippen LogP contribution in [0.15, 0.2) is 94.6 Å². The molecule has 1 aliphatic rings. The summed E-state index contributed by atoms with van der Waals surface area (Å²) in [4.78, 5) is 34.0. The van der Waals surface area contributed by atoms with Gasteiger partial charge in [-0.2, -0.15) is 23.4 Å². The van der Waals surface area contributed by atoms with Gasteiger partial charge >= 0.3 is 6.18 Å². The van der Waals surface area contributed by atoms with Crippen LogP contribution in [0.4, 0.5) is 13.2 Å². The number of halogens is 4. The van der Waals surface area contributed by atoms with Crippen LogP contribution in [0.5, 0.6) is 0 Å². The number of hydrogen-bond acceptors (Lipinski definition) is 5. The van der Waals surface area contributed by atoms with Gasteiger partial charge in [-0.15, -0.1) is 0 Å². The number of rotatable bonds is 5. The lowest BCUT2D eigenvalue weighted by Gasteiger charge is -2.35. The molecule has 1 atom stereocenters. The molecule has 4 heterocycles. The summed E-state index contributed by atoms with van der Waals surface area (Å²) in [6.07, 6.45) is -0.741. The number of benzene rings is 3. The van der Waals surface area contributed by atoms with Gasteiger partial charge in [0.25, 0.3) is 11.5 Å². The molecule has 7 rings (SSSR count). The van der Waals surface area contributed by atoms with Crippen molar-refractivity contribution in [1.29, 1.82) is 0 Å². The molecule has 6 aromatic rings. The van der Waals surface area contributed by atoms with Gasteiger partial charge in [0.1, 0.15) is 12.0 Å². The van der Waals surface area contributed by atoms with Crippen LogP contribution in [0.3, 0.4) is 0 Å². The first-order valence-corrected chi connectivity index (χ1v) is 15.6. The quantitative estimate of drug-likeness (QED) is 0.212. The van der Waals surface area contributed by atoms with E-state index in [1.807, 2.05) is 54.6 Å². The van der Waals surface area contributed by atoms with Crippen molar-refractivity contribution in [2.24, 2.45) is 7.05 Å². The van der Waals surface area contributed by atoms with Crippen molar-refractivity contribution in [2.45, 2.75) is 38.5 Å². The molecule has 0 spiro atoms. The van der Waals surface area contributed by atoms with Crippen LogP contribution in [0, 0.1) is 0 Å². The van der Waals surface area contributed by atoms with E-state index in [0.717, 1.165) is 22.8 Å². The molecule has 0 saturated heterocycles. The molecule has 0 bridgehead atoms. The Morgan fingerprint density at radius 3 is 2.45 bits per heavy atom. The maximum absolute atomic E-state index is 14.4. The summed E-state index contributed by atoms with van der Waals surface area (Å²) in [6.45, 7) is 1.79. The lowest BCUT2D eigenvalue weighted by Crippen LogP contribution is -2.46. The Balaban J connectivity index is 1.36. The summed E-state index contributed by atoms with van der Waals surface area (Å²) in [6, 6.07) is 20.3. The van der Waals surface area contributed by atoms with Crippen molar-refractivity contribution >= 4 is 27.5 Å². The van der Waals surface area contributed by atoms with E-state index in [1.54, 1.807) is 33.9 Å². The molecule has 1 unspecified atom stereocenters. The summed E-state index contributed by atoms with van der Waals surface area (Å²) < 4.78 is 45.9. The Kier molecular flexibility index (Phi) is 7.58. The molecular formula is C34H27BrF3N7O2. The number of aromatic nitrogens is 6. The number of hydrogen-bond donors (Lipinski definition) is 0. The standard InChI is InChI=1S/C34H27BrF3N7O2/c1-20-14-26-29(18-43(20)32(46)23-10-13-28(35)27(16-23)34(36,37)38)45-31(24(17-40-45)15-21-6-4-3-5-7-21)44(33(26)47)25-11-8-22(9-12-25)30-39-19-41-42(30)2/h3-13,16-17,19-20H,14-15,18H2,1-2H3. The van der Waals surface area contributed by atoms with Gasteiger partial charge in [-0.1, -0.05) is 46.3 Å². The maximum atomic E-state index is 14.4. The van der Waals surface area contributed by atoms with E-state index in [9.17, 15) is 22.8 Å². The second-order valence-electron chi connectivity index (χ2n) is 11.6. The molecule has 1 aliphatic heterocycles. The predicted octanol–water partition coefficient (Wildman–Crippen LogP) is 6.24. The second kappa shape index (κ2) is 11.6. The normalized spacial score (nSPS) is 14.9.